The van der Waals surface area contributed by atoms with Crippen molar-refractivity contribution in [1.29, 1.82) is 0 Å². The van der Waals surface area contributed by atoms with Gasteiger partial charge in [-0.1, -0.05) is 47.6 Å². The molecule has 0 aliphatic carbocycles. The third-order valence-electron chi connectivity index (χ3n) is 4.13. The minimum atomic E-state index is -0.247. The van der Waals surface area contributed by atoms with E-state index in [2.05, 4.69) is 15.3 Å². The summed E-state index contributed by atoms with van der Waals surface area (Å²) in [5.41, 5.74) is 1.49. The Bertz CT molecular complexity index is 1240. The van der Waals surface area contributed by atoms with Crippen molar-refractivity contribution in [3.05, 3.63) is 88.4 Å². The van der Waals surface area contributed by atoms with Gasteiger partial charge in [0.25, 0.3) is 5.56 Å². The highest BCUT2D eigenvalue weighted by Crippen LogP contribution is 2.23. The molecule has 29 heavy (non-hydrogen) atoms. The molecule has 0 fully saturated rings. The summed E-state index contributed by atoms with van der Waals surface area (Å²) in [6, 6.07) is 17.7. The molecule has 4 rings (SSSR count). The number of para-hydroxylation sites is 2. The van der Waals surface area contributed by atoms with Crippen LogP contribution in [0.2, 0.25) is 5.02 Å². The number of thioether (sulfide) groups is 1. The van der Waals surface area contributed by atoms with Crippen molar-refractivity contribution in [2.75, 3.05) is 11.1 Å². The highest BCUT2D eigenvalue weighted by molar-refractivity contribution is 7.99. The highest BCUT2D eigenvalue weighted by Gasteiger charge is 2.15. The van der Waals surface area contributed by atoms with Gasteiger partial charge in [-0.3, -0.25) is 19.1 Å². The minimum absolute atomic E-state index is 0.0657. The molecule has 0 spiro atoms. The number of aromatic nitrogens is 3. The lowest BCUT2D eigenvalue weighted by Crippen LogP contribution is -2.23. The first-order chi connectivity index (χ1) is 14.1. The van der Waals surface area contributed by atoms with Gasteiger partial charge in [-0.25, -0.2) is 4.98 Å². The summed E-state index contributed by atoms with van der Waals surface area (Å²) in [5, 5.41) is 4.15. The predicted octanol–water partition coefficient (Wildman–Crippen LogP) is 4.16. The lowest BCUT2D eigenvalue weighted by atomic mass is 10.2. The van der Waals surface area contributed by atoms with E-state index in [1.807, 2.05) is 6.07 Å². The zero-order valence-electron chi connectivity index (χ0n) is 15.1. The van der Waals surface area contributed by atoms with Gasteiger partial charge in [0.05, 0.1) is 39.3 Å². The van der Waals surface area contributed by atoms with Crippen molar-refractivity contribution in [2.24, 2.45) is 0 Å². The Balaban J connectivity index is 1.67. The molecule has 0 aliphatic rings. The maximum absolute atomic E-state index is 13.1. The molecule has 2 heterocycles. The number of fused-ring (bicyclic) bond motifs is 1. The second kappa shape index (κ2) is 8.46. The lowest BCUT2D eigenvalue weighted by Gasteiger charge is -2.13. The van der Waals surface area contributed by atoms with Gasteiger partial charge in [-0.15, -0.1) is 0 Å². The Morgan fingerprint density at radius 3 is 2.66 bits per heavy atom. The average molecular weight is 423 g/mol. The summed E-state index contributed by atoms with van der Waals surface area (Å²) in [6.45, 7) is 0. The first kappa shape index (κ1) is 19.2. The van der Waals surface area contributed by atoms with Crippen LogP contribution in [0.15, 0.2) is 83.0 Å². The monoisotopic (exact) mass is 422 g/mol. The largest absolute Gasteiger partial charge is 0.324 e. The van der Waals surface area contributed by atoms with Crippen LogP contribution >= 0.6 is 23.4 Å². The number of rotatable bonds is 5. The van der Waals surface area contributed by atoms with Gasteiger partial charge in [0.15, 0.2) is 5.16 Å². The molecule has 0 saturated heterocycles. The predicted molar refractivity (Wildman–Crippen MR) is 116 cm³/mol. The topological polar surface area (TPSA) is 76.9 Å². The molecule has 2 aromatic carbocycles. The van der Waals surface area contributed by atoms with Crippen molar-refractivity contribution in [2.45, 2.75) is 5.16 Å². The van der Waals surface area contributed by atoms with Gasteiger partial charge in [-0.2, -0.15) is 0 Å². The van der Waals surface area contributed by atoms with Gasteiger partial charge in [0.2, 0.25) is 5.91 Å². The maximum Gasteiger partial charge on any atom is 0.266 e. The van der Waals surface area contributed by atoms with Crippen LogP contribution in [0.1, 0.15) is 0 Å². The van der Waals surface area contributed by atoms with Crippen molar-refractivity contribution >= 4 is 45.9 Å². The highest BCUT2D eigenvalue weighted by atomic mass is 35.5. The van der Waals surface area contributed by atoms with E-state index in [0.717, 1.165) is 0 Å². The third kappa shape index (κ3) is 4.16. The van der Waals surface area contributed by atoms with E-state index in [1.165, 1.54) is 16.3 Å². The van der Waals surface area contributed by atoms with E-state index in [0.29, 0.717) is 32.5 Å². The first-order valence-corrected chi connectivity index (χ1v) is 10.1. The van der Waals surface area contributed by atoms with Crippen LogP contribution in [0, 0.1) is 0 Å². The fraction of sp³-hybridized carbons (Fsp3) is 0.0476. The van der Waals surface area contributed by atoms with E-state index in [1.54, 1.807) is 67.0 Å². The number of anilines is 1. The zero-order valence-corrected chi connectivity index (χ0v) is 16.7. The van der Waals surface area contributed by atoms with E-state index in [4.69, 9.17) is 11.6 Å². The van der Waals surface area contributed by atoms with Gasteiger partial charge in [-0.05, 0) is 36.4 Å². The van der Waals surface area contributed by atoms with Gasteiger partial charge >= 0.3 is 0 Å². The smallest absolute Gasteiger partial charge is 0.266 e. The maximum atomic E-state index is 13.1. The molecule has 1 N–H and O–H groups in total. The third-order valence-corrected chi connectivity index (χ3v) is 5.40. The van der Waals surface area contributed by atoms with Crippen molar-refractivity contribution in [3.8, 4) is 5.69 Å². The second-order valence-corrected chi connectivity index (χ2v) is 7.43. The van der Waals surface area contributed by atoms with E-state index in [-0.39, 0.29) is 17.2 Å². The molecule has 1 amide bonds. The normalized spacial score (nSPS) is 10.8. The fourth-order valence-corrected chi connectivity index (χ4v) is 3.80. The molecule has 0 bridgehead atoms. The zero-order chi connectivity index (χ0) is 20.2. The summed E-state index contributed by atoms with van der Waals surface area (Å²) >= 11 is 7.26. The van der Waals surface area contributed by atoms with Gasteiger partial charge in [0.1, 0.15) is 0 Å². The molecular formula is C21H15ClN4O2S. The number of halogens is 1. The SMILES string of the molecule is O=C(CSc1nc2ccccc2c(=O)n1-c1cccnc1)Nc1ccccc1Cl. The summed E-state index contributed by atoms with van der Waals surface area (Å²) in [4.78, 5) is 34.2. The van der Waals surface area contributed by atoms with Crippen LogP contribution in [0.25, 0.3) is 16.6 Å². The quantitative estimate of drug-likeness (QED) is 0.386. The van der Waals surface area contributed by atoms with Crippen LogP contribution in [-0.2, 0) is 4.79 Å². The molecule has 6 nitrogen and oxygen atoms in total. The summed E-state index contributed by atoms with van der Waals surface area (Å²) in [7, 11) is 0. The molecule has 0 atom stereocenters. The van der Waals surface area contributed by atoms with Crippen LogP contribution in [0.5, 0.6) is 0 Å². The molecule has 4 aromatic rings. The number of pyridine rings is 1. The molecule has 0 aliphatic heterocycles. The van der Waals surface area contributed by atoms with E-state index < -0.39 is 0 Å². The molecule has 0 saturated carbocycles. The molecule has 144 valence electrons. The molecule has 0 radical (unpaired) electrons. The number of amides is 1. The van der Waals surface area contributed by atoms with Crippen LogP contribution in [0.3, 0.4) is 0 Å². The number of carbonyl (C=O) groups is 1. The summed E-state index contributed by atoms with van der Waals surface area (Å²) in [6.07, 6.45) is 3.22. The van der Waals surface area contributed by atoms with E-state index in [9.17, 15) is 9.59 Å². The standard InChI is InChI=1S/C21H15ClN4O2S/c22-16-8-2-4-10-18(16)24-19(27)13-29-21-25-17-9-3-1-7-15(17)20(28)26(21)14-6-5-11-23-12-14/h1-12H,13H2,(H,24,27). The second-order valence-electron chi connectivity index (χ2n) is 6.08. The lowest BCUT2D eigenvalue weighted by molar-refractivity contribution is -0.113. The molecule has 8 heteroatoms. The van der Waals surface area contributed by atoms with Crippen LogP contribution < -0.4 is 10.9 Å². The number of benzene rings is 2. The Kier molecular flexibility index (Phi) is 5.59. The fourth-order valence-electron chi connectivity index (χ4n) is 2.80. The Labute approximate surface area is 175 Å². The van der Waals surface area contributed by atoms with Crippen molar-refractivity contribution in [1.82, 2.24) is 14.5 Å². The summed E-state index contributed by atoms with van der Waals surface area (Å²) in [5.74, 6) is -0.181. The van der Waals surface area contributed by atoms with Crippen molar-refractivity contribution in [3.63, 3.8) is 0 Å². The number of nitrogens with zero attached hydrogens (tertiary/aromatic N) is 3. The van der Waals surface area contributed by atoms with Gasteiger partial charge < -0.3 is 5.32 Å². The van der Waals surface area contributed by atoms with Crippen molar-refractivity contribution < 1.29 is 4.79 Å². The van der Waals surface area contributed by atoms with E-state index >= 15 is 0 Å². The first-order valence-electron chi connectivity index (χ1n) is 8.73. The average Bonchev–Trinajstić information content (AvgIpc) is 2.75. The van der Waals surface area contributed by atoms with Crippen LogP contribution in [-0.4, -0.2) is 26.2 Å². The number of hydrogen-bond acceptors (Lipinski definition) is 5. The minimum Gasteiger partial charge on any atom is -0.324 e. The Morgan fingerprint density at radius 1 is 1.07 bits per heavy atom. The number of nitrogens with one attached hydrogen (secondary N) is 1. The molecule has 0 unspecified atom stereocenters. The number of carbonyl (C=O) groups excluding carboxylic acids is 1. The van der Waals surface area contributed by atoms with Gasteiger partial charge in [0, 0.05) is 6.20 Å². The summed E-state index contributed by atoms with van der Waals surface area (Å²) < 4.78 is 1.47. The molecular weight excluding hydrogens is 408 g/mol. The molecule has 2 aromatic heterocycles. The number of hydrogen-bond donors (Lipinski definition) is 1. The Hall–Kier alpha value is -3.16. The van der Waals surface area contributed by atoms with Crippen LogP contribution in [0.4, 0.5) is 5.69 Å². The Morgan fingerprint density at radius 2 is 1.86 bits per heavy atom.